The minimum absolute atomic E-state index is 0.376. The van der Waals surface area contributed by atoms with E-state index in [0.29, 0.717) is 23.6 Å². The molecule has 2 N–H and O–H groups in total. The second-order valence-electron chi connectivity index (χ2n) is 11.2. The molecule has 0 amide bonds. The number of aryl methyl sites for hydroxylation is 1. The Balaban J connectivity index is 1.55. The minimum atomic E-state index is -1.28. The van der Waals surface area contributed by atoms with Crippen molar-refractivity contribution in [3.05, 3.63) is 94.6 Å². The minimum Gasteiger partial charge on any atom is -0.380 e. The van der Waals surface area contributed by atoms with Gasteiger partial charge in [0.15, 0.2) is 5.60 Å². The lowest BCUT2D eigenvalue weighted by Crippen LogP contribution is -2.63. The number of likely N-dealkylation sites (tertiary alicyclic amines) is 1. The smallest absolute Gasteiger partial charge is 0.168 e. The third-order valence-corrected chi connectivity index (χ3v) is 7.94. The van der Waals surface area contributed by atoms with Gasteiger partial charge in [0.25, 0.3) is 0 Å². The lowest BCUT2D eigenvalue weighted by molar-refractivity contribution is -0.127. The average Bonchev–Trinajstić information content (AvgIpc) is 2.87. The van der Waals surface area contributed by atoms with Gasteiger partial charge in [-0.3, -0.25) is 9.97 Å². The van der Waals surface area contributed by atoms with Gasteiger partial charge in [0, 0.05) is 48.2 Å². The van der Waals surface area contributed by atoms with E-state index in [1.807, 2.05) is 30.3 Å². The van der Waals surface area contributed by atoms with Crippen molar-refractivity contribution in [3.8, 4) is 11.8 Å². The molecule has 5 heteroatoms. The zero-order chi connectivity index (χ0) is 25.6. The first kappa shape index (κ1) is 24.6. The van der Waals surface area contributed by atoms with E-state index in [1.165, 1.54) is 5.56 Å². The van der Waals surface area contributed by atoms with Crippen molar-refractivity contribution in [2.24, 2.45) is 5.41 Å². The Hall–Kier alpha value is -3.04. The van der Waals surface area contributed by atoms with Crippen molar-refractivity contribution < 1.29 is 10.2 Å². The molecule has 0 bridgehead atoms. The number of nitrogens with zero attached hydrogens (tertiary/aromatic N) is 3. The van der Waals surface area contributed by atoms with Gasteiger partial charge in [0.1, 0.15) is 5.60 Å². The summed E-state index contributed by atoms with van der Waals surface area (Å²) in [6.45, 7) is 8.02. The summed E-state index contributed by atoms with van der Waals surface area (Å²) >= 11 is 0. The fourth-order valence-corrected chi connectivity index (χ4v) is 6.02. The molecule has 0 radical (unpaired) electrons. The van der Waals surface area contributed by atoms with Crippen LogP contribution in [0.25, 0.3) is 0 Å². The first-order chi connectivity index (χ1) is 17.1. The first-order valence-corrected chi connectivity index (χ1v) is 12.8. The van der Waals surface area contributed by atoms with Crippen LogP contribution in [-0.2, 0) is 17.6 Å². The highest BCUT2D eigenvalue weighted by molar-refractivity contribution is 5.46. The van der Waals surface area contributed by atoms with Gasteiger partial charge < -0.3 is 15.1 Å². The SMILES string of the molecule is CC(C)c1ccc([C@](O)(c2cncc(C#CC3(O)CCCc4cccnc43)c2)C2(C)CN(C)C2)cc1. The maximum absolute atomic E-state index is 12.4. The molecule has 186 valence electrons. The molecule has 1 aliphatic carbocycles. The van der Waals surface area contributed by atoms with Crippen molar-refractivity contribution in [2.45, 2.75) is 57.2 Å². The Morgan fingerprint density at radius 1 is 1.08 bits per heavy atom. The molecule has 0 spiro atoms. The Morgan fingerprint density at radius 3 is 2.53 bits per heavy atom. The van der Waals surface area contributed by atoms with Crippen LogP contribution in [0.15, 0.2) is 61.1 Å². The zero-order valence-electron chi connectivity index (χ0n) is 21.6. The van der Waals surface area contributed by atoms with Crippen LogP contribution in [0.4, 0.5) is 0 Å². The summed E-state index contributed by atoms with van der Waals surface area (Å²) in [5, 5.41) is 23.8. The molecule has 3 aromatic rings. The molecule has 0 saturated carbocycles. The third kappa shape index (κ3) is 4.14. The van der Waals surface area contributed by atoms with E-state index in [2.05, 4.69) is 66.7 Å². The molecule has 36 heavy (non-hydrogen) atoms. The number of aromatic nitrogens is 2. The molecule has 5 rings (SSSR count). The Kier molecular flexibility index (Phi) is 6.24. The van der Waals surface area contributed by atoms with Crippen molar-refractivity contribution in [1.29, 1.82) is 0 Å². The Labute approximate surface area is 214 Å². The van der Waals surface area contributed by atoms with Gasteiger partial charge in [-0.25, -0.2) is 0 Å². The van der Waals surface area contributed by atoms with Gasteiger partial charge in [-0.05, 0) is 61.1 Å². The number of aliphatic hydroxyl groups is 2. The molecule has 1 saturated heterocycles. The van der Waals surface area contributed by atoms with E-state index in [-0.39, 0.29) is 5.41 Å². The van der Waals surface area contributed by atoms with Gasteiger partial charge >= 0.3 is 0 Å². The van der Waals surface area contributed by atoms with E-state index < -0.39 is 11.2 Å². The average molecular weight is 482 g/mol. The molecular formula is C31H35N3O2. The second kappa shape index (κ2) is 9.12. The van der Waals surface area contributed by atoms with Crippen LogP contribution in [-0.4, -0.2) is 45.2 Å². The van der Waals surface area contributed by atoms with Crippen LogP contribution in [0.5, 0.6) is 0 Å². The monoisotopic (exact) mass is 481 g/mol. The Bertz CT molecular complexity index is 1320. The number of benzene rings is 1. The van der Waals surface area contributed by atoms with Crippen molar-refractivity contribution in [1.82, 2.24) is 14.9 Å². The first-order valence-electron chi connectivity index (χ1n) is 12.8. The number of fused-ring (bicyclic) bond motifs is 1. The molecule has 1 fully saturated rings. The lowest BCUT2D eigenvalue weighted by Gasteiger charge is -2.55. The van der Waals surface area contributed by atoms with Crippen LogP contribution >= 0.6 is 0 Å². The summed E-state index contributed by atoms with van der Waals surface area (Å²) in [4.78, 5) is 11.1. The predicted molar refractivity (Wildman–Crippen MR) is 141 cm³/mol. The van der Waals surface area contributed by atoms with Gasteiger partial charge in [-0.1, -0.05) is 62.9 Å². The standard InChI is InChI=1S/C31H35N3O2/c1-22(2)24-9-11-26(12-10-24)31(36,29(3)20-34(4)21-29)27-17-23(18-32-19-27)13-15-30(35)14-5-7-25-8-6-16-33-28(25)30/h6,8-12,16-19,22,35-36H,5,7,14,20-21H2,1-4H3/t30?,31-/m0/s1. The van der Waals surface area contributed by atoms with E-state index in [0.717, 1.165) is 42.6 Å². The quantitative estimate of drug-likeness (QED) is 0.542. The summed E-state index contributed by atoms with van der Waals surface area (Å²) in [5.41, 5.74) is 2.30. The molecule has 1 aromatic carbocycles. The molecular weight excluding hydrogens is 446 g/mol. The topological polar surface area (TPSA) is 69.5 Å². The van der Waals surface area contributed by atoms with Crippen LogP contribution in [0, 0.1) is 17.3 Å². The van der Waals surface area contributed by atoms with E-state index in [1.54, 1.807) is 18.6 Å². The van der Waals surface area contributed by atoms with Crippen molar-refractivity contribution >= 4 is 0 Å². The summed E-state index contributed by atoms with van der Waals surface area (Å²) in [7, 11) is 2.07. The summed E-state index contributed by atoms with van der Waals surface area (Å²) < 4.78 is 0. The van der Waals surface area contributed by atoms with E-state index in [4.69, 9.17) is 0 Å². The van der Waals surface area contributed by atoms with Crippen LogP contribution in [0.3, 0.4) is 0 Å². The maximum Gasteiger partial charge on any atom is 0.168 e. The van der Waals surface area contributed by atoms with Gasteiger partial charge in [-0.15, -0.1) is 0 Å². The number of pyridine rings is 2. The molecule has 1 aliphatic heterocycles. The molecule has 2 aliphatic rings. The summed E-state index contributed by atoms with van der Waals surface area (Å²) in [6, 6.07) is 14.1. The van der Waals surface area contributed by atoms with Crippen LogP contribution in [0.2, 0.25) is 0 Å². The number of hydrogen-bond acceptors (Lipinski definition) is 5. The molecule has 3 heterocycles. The molecule has 5 nitrogen and oxygen atoms in total. The summed E-state index contributed by atoms with van der Waals surface area (Å²) in [6.07, 6.45) is 7.46. The second-order valence-corrected chi connectivity index (χ2v) is 11.2. The van der Waals surface area contributed by atoms with Crippen LogP contribution < -0.4 is 0 Å². The number of rotatable bonds is 4. The largest absolute Gasteiger partial charge is 0.380 e. The maximum atomic E-state index is 12.4. The highest BCUT2D eigenvalue weighted by Crippen LogP contribution is 2.50. The normalized spacial score (nSPS) is 22.6. The predicted octanol–water partition coefficient (Wildman–Crippen LogP) is 4.36. The number of hydrogen-bond donors (Lipinski definition) is 2. The van der Waals surface area contributed by atoms with Gasteiger partial charge in [0.05, 0.1) is 5.69 Å². The van der Waals surface area contributed by atoms with E-state index in [9.17, 15) is 10.2 Å². The van der Waals surface area contributed by atoms with Gasteiger partial charge in [0.2, 0.25) is 0 Å². The van der Waals surface area contributed by atoms with Gasteiger partial charge in [-0.2, -0.15) is 0 Å². The van der Waals surface area contributed by atoms with Crippen molar-refractivity contribution in [3.63, 3.8) is 0 Å². The molecule has 1 unspecified atom stereocenters. The third-order valence-electron chi connectivity index (χ3n) is 7.94. The Morgan fingerprint density at radius 2 is 1.83 bits per heavy atom. The fourth-order valence-electron chi connectivity index (χ4n) is 6.02. The molecule has 2 atom stereocenters. The highest BCUT2D eigenvalue weighted by atomic mass is 16.3. The zero-order valence-corrected chi connectivity index (χ0v) is 21.6. The van der Waals surface area contributed by atoms with Crippen molar-refractivity contribution in [2.75, 3.05) is 20.1 Å². The van der Waals surface area contributed by atoms with Crippen LogP contribution in [0.1, 0.15) is 73.0 Å². The lowest BCUT2D eigenvalue weighted by atomic mass is 9.62. The fraction of sp³-hybridized carbons (Fsp3) is 0.419. The highest BCUT2D eigenvalue weighted by Gasteiger charge is 2.55. The summed E-state index contributed by atoms with van der Waals surface area (Å²) in [5.74, 6) is 6.67. The van der Waals surface area contributed by atoms with E-state index >= 15 is 0 Å². The molecule has 2 aromatic heterocycles.